The fourth-order valence-electron chi connectivity index (χ4n) is 0.878. The van der Waals surface area contributed by atoms with E-state index in [-0.39, 0.29) is 17.5 Å². The lowest BCUT2D eigenvalue weighted by atomic mass is 10.1. The van der Waals surface area contributed by atoms with Gasteiger partial charge in [-0.3, -0.25) is 4.79 Å². The van der Waals surface area contributed by atoms with Crippen LogP contribution in [0.3, 0.4) is 0 Å². The monoisotopic (exact) mass is 212 g/mol. The minimum Gasteiger partial charge on any atom is -0.298 e. The van der Waals surface area contributed by atoms with Crippen LogP contribution in [0.5, 0.6) is 0 Å². The van der Waals surface area contributed by atoms with E-state index in [0.29, 0.717) is 5.75 Å². The van der Waals surface area contributed by atoms with Crippen LogP contribution in [0.1, 0.15) is 13.8 Å². The molecule has 0 heterocycles. The van der Waals surface area contributed by atoms with Crippen molar-refractivity contribution in [1.82, 2.24) is 0 Å². The van der Waals surface area contributed by atoms with E-state index in [4.69, 9.17) is 0 Å². The van der Waals surface area contributed by atoms with Crippen molar-refractivity contribution in [1.29, 1.82) is 0 Å². The maximum atomic E-state index is 12.8. The van der Waals surface area contributed by atoms with E-state index in [9.17, 15) is 9.18 Å². The molecule has 3 heteroatoms. The molecule has 1 rings (SSSR count). The van der Waals surface area contributed by atoms with E-state index >= 15 is 0 Å². The summed E-state index contributed by atoms with van der Waals surface area (Å²) in [4.78, 5) is 12.1. The first-order chi connectivity index (χ1) is 6.59. The Labute approximate surface area is 87.7 Å². The average Bonchev–Trinajstić information content (AvgIpc) is 2.14. The number of ketones is 1. The van der Waals surface area contributed by atoms with Gasteiger partial charge in [-0.05, 0) is 18.2 Å². The topological polar surface area (TPSA) is 17.1 Å². The lowest BCUT2D eigenvalue weighted by Crippen LogP contribution is -2.09. The fraction of sp³-hybridized carbons (Fsp3) is 0.364. The predicted molar refractivity (Wildman–Crippen MR) is 57.0 cm³/mol. The molecule has 0 saturated heterocycles. The molecule has 0 aliphatic heterocycles. The molecule has 1 aromatic carbocycles. The van der Waals surface area contributed by atoms with E-state index in [0.717, 1.165) is 4.90 Å². The van der Waals surface area contributed by atoms with Crippen molar-refractivity contribution in [3.05, 3.63) is 30.1 Å². The number of Topliss-reactive ketones (excluding diaryl/α,β-unsaturated/α-hetero) is 1. The second kappa shape index (κ2) is 5.15. The van der Waals surface area contributed by atoms with Gasteiger partial charge in [0.05, 0.1) is 5.75 Å². The summed E-state index contributed by atoms with van der Waals surface area (Å²) in [5.74, 6) is 0.406. The summed E-state index contributed by atoms with van der Waals surface area (Å²) < 4.78 is 12.8. The van der Waals surface area contributed by atoms with Gasteiger partial charge in [0.2, 0.25) is 0 Å². The smallest absolute Gasteiger partial charge is 0.145 e. The Morgan fingerprint density at radius 1 is 1.50 bits per heavy atom. The number of hydrogen-bond donors (Lipinski definition) is 0. The average molecular weight is 212 g/mol. The number of benzene rings is 1. The number of carbonyl (C=O) groups is 1. The summed E-state index contributed by atoms with van der Waals surface area (Å²) >= 11 is 1.38. The second-order valence-electron chi connectivity index (χ2n) is 3.37. The van der Waals surface area contributed by atoms with E-state index in [1.807, 2.05) is 13.8 Å². The minimum absolute atomic E-state index is 0.0519. The molecule has 0 unspecified atom stereocenters. The summed E-state index contributed by atoms with van der Waals surface area (Å²) in [7, 11) is 0. The molecule has 0 spiro atoms. The lowest BCUT2D eigenvalue weighted by Gasteiger charge is -2.03. The zero-order valence-electron chi connectivity index (χ0n) is 8.29. The van der Waals surface area contributed by atoms with Crippen molar-refractivity contribution in [3.63, 3.8) is 0 Å². The number of rotatable bonds is 4. The zero-order valence-corrected chi connectivity index (χ0v) is 9.10. The van der Waals surface area contributed by atoms with Gasteiger partial charge >= 0.3 is 0 Å². The van der Waals surface area contributed by atoms with Crippen molar-refractivity contribution < 1.29 is 9.18 Å². The summed E-state index contributed by atoms with van der Waals surface area (Å²) in [6, 6.07) is 6.30. The van der Waals surface area contributed by atoms with Crippen LogP contribution in [-0.2, 0) is 4.79 Å². The molecular weight excluding hydrogens is 199 g/mol. The molecule has 1 aromatic rings. The number of hydrogen-bond acceptors (Lipinski definition) is 2. The van der Waals surface area contributed by atoms with Crippen LogP contribution >= 0.6 is 11.8 Å². The van der Waals surface area contributed by atoms with Crippen molar-refractivity contribution in [2.45, 2.75) is 18.7 Å². The Bertz CT molecular complexity index is 323. The standard InChI is InChI=1S/C11H13FOS/c1-8(2)11(13)7-14-10-5-3-4-9(12)6-10/h3-6,8H,7H2,1-2H3. The molecule has 0 radical (unpaired) electrons. The Morgan fingerprint density at radius 3 is 2.79 bits per heavy atom. The largest absolute Gasteiger partial charge is 0.298 e. The van der Waals surface area contributed by atoms with E-state index in [1.54, 1.807) is 12.1 Å². The molecule has 0 amide bonds. The molecule has 0 aliphatic carbocycles. The van der Waals surface area contributed by atoms with Gasteiger partial charge in [-0.1, -0.05) is 19.9 Å². The van der Waals surface area contributed by atoms with Crippen molar-refractivity contribution in [2.24, 2.45) is 5.92 Å². The quantitative estimate of drug-likeness (QED) is 0.713. The second-order valence-corrected chi connectivity index (χ2v) is 4.42. The Balaban J connectivity index is 2.50. The van der Waals surface area contributed by atoms with Gasteiger partial charge in [0.1, 0.15) is 11.6 Å². The number of carbonyl (C=O) groups excluding carboxylic acids is 1. The number of thioether (sulfide) groups is 1. The third-order valence-electron chi connectivity index (χ3n) is 1.82. The molecule has 14 heavy (non-hydrogen) atoms. The van der Waals surface area contributed by atoms with Gasteiger partial charge in [0.15, 0.2) is 0 Å². The van der Waals surface area contributed by atoms with Crippen LogP contribution in [0.4, 0.5) is 4.39 Å². The molecular formula is C11H13FOS. The Kier molecular flexibility index (Phi) is 4.14. The van der Waals surface area contributed by atoms with Crippen LogP contribution in [0.15, 0.2) is 29.2 Å². The molecule has 0 N–H and O–H groups in total. The zero-order chi connectivity index (χ0) is 10.6. The molecule has 1 nitrogen and oxygen atoms in total. The number of halogens is 1. The highest BCUT2D eigenvalue weighted by Gasteiger charge is 2.07. The minimum atomic E-state index is -0.257. The summed E-state index contributed by atoms with van der Waals surface area (Å²) in [6.07, 6.45) is 0. The molecule has 0 saturated carbocycles. The maximum absolute atomic E-state index is 12.8. The first-order valence-electron chi connectivity index (χ1n) is 4.50. The van der Waals surface area contributed by atoms with Gasteiger partial charge in [0.25, 0.3) is 0 Å². The first-order valence-corrected chi connectivity index (χ1v) is 5.49. The highest BCUT2D eigenvalue weighted by atomic mass is 32.2. The van der Waals surface area contributed by atoms with Gasteiger partial charge in [-0.25, -0.2) is 4.39 Å². The van der Waals surface area contributed by atoms with Crippen molar-refractivity contribution in [2.75, 3.05) is 5.75 Å². The summed E-state index contributed by atoms with van der Waals surface area (Å²) in [5, 5.41) is 0. The van der Waals surface area contributed by atoms with E-state index < -0.39 is 0 Å². The predicted octanol–water partition coefficient (Wildman–Crippen LogP) is 3.14. The van der Waals surface area contributed by atoms with Crippen molar-refractivity contribution in [3.8, 4) is 0 Å². The Hall–Kier alpha value is -0.830. The molecule has 0 aliphatic rings. The third kappa shape index (κ3) is 3.50. The molecule has 0 bridgehead atoms. The SMILES string of the molecule is CC(C)C(=O)CSc1cccc(F)c1. The lowest BCUT2D eigenvalue weighted by molar-refractivity contribution is -0.119. The summed E-state index contributed by atoms with van der Waals surface area (Å²) in [6.45, 7) is 3.74. The highest BCUT2D eigenvalue weighted by Crippen LogP contribution is 2.19. The van der Waals surface area contributed by atoms with Gasteiger partial charge < -0.3 is 0 Å². The van der Waals surface area contributed by atoms with Crippen LogP contribution in [-0.4, -0.2) is 11.5 Å². The van der Waals surface area contributed by atoms with Gasteiger partial charge in [-0.2, -0.15) is 0 Å². The summed E-state index contributed by atoms with van der Waals surface area (Å²) in [5.41, 5.74) is 0. The molecule has 76 valence electrons. The van der Waals surface area contributed by atoms with Crippen LogP contribution < -0.4 is 0 Å². The maximum Gasteiger partial charge on any atom is 0.145 e. The highest BCUT2D eigenvalue weighted by molar-refractivity contribution is 8.00. The fourth-order valence-corrected chi connectivity index (χ4v) is 1.89. The normalized spacial score (nSPS) is 10.6. The first kappa shape index (κ1) is 11.2. The van der Waals surface area contributed by atoms with Crippen LogP contribution in [0.2, 0.25) is 0 Å². The molecule has 0 atom stereocenters. The van der Waals surface area contributed by atoms with Gasteiger partial charge in [-0.15, -0.1) is 11.8 Å². The van der Waals surface area contributed by atoms with E-state index in [2.05, 4.69) is 0 Å². The Morgan fingerprint density at radius 2 is 2.21 bits per heavy atom. The van der Waals surface area contributed by atoms with Gasteiger partial charge in [0, 0.05) is 10.8 Å². The van der Waals surface area contributed by atoms with Crippen LogP contribution in [0, 0.1) is 11.7 Å². The van der Waals surface area contributed by atoms with E-state index in [1.165, 1.54) is 23.9 Å². The molecule has 0 fully saturated rings. The van der Waals surface area contributed by atoms with Crippen LogP contribution in [0.25, 0.3) is 0 Å². The van der Waals surface area contributed by atoms with Crippen molar-refractivity contribution >= 4 is 17.5 Å². The third-order valence-corrected chi connectivity index (χ3v) is 2.84. The molecule has 0 aromatic heterocycles.